The van der Waals surface area contributed by atoms with Crippen LogP contribution >= 0.6 is 0 Å². The van der Waals surface area contributed by atoms with Gasteiger partial charge in [-0.05, 0) is 78.5 Å². The Balaban J connectivity index is 1.98. The van der Waals surface area contributed by atoms with E-state index in [1.807, 2.05) is 6.92 Å². The molecule has 0 fully saturated rings. The number of esters is 1. The summed E-state index contributed by atoms with van der Waals surface area (Å²) in [4.78, 5) is 12.7. The summed E-state index contributed by atoms with van der Waals surface area (Å²) in [5.74, 6) is 0.142. The van der Waals surface area contributed by atoms with Gasteiger partial charge in [0, 0.05) is 22.5 Å². The van der Waals surface area contributed by atoms with Crippen molar-refractivity contribution in [3.05, 3.63) is 70.4 Å². The lowest BCUT2D eigenvalue weighted by Crippen LogP contribution is -2.29. The summed E-state index contributed by atoms with van der Waals surface area (Å²) in [5, 5.41) is 1.19. The van der Waals surface area contributed by atoms with Crippen LogP contribution in [-0.2, 0) is 21.1 Å². The van der Waals surface area contributed by atoms with Gasteiger partial charge in [-0.15, -0.1) is 0 Å². The Morgan fingerprint density at radius 1 is 1.08 bits per heavy atom. The van der Waals surface area contributed by atoms with Crippen molar-refractivity contribution in [2.45, 2.75) is 96.7 Å². The van der Waals surface area contributed by atoms with Gasteiger partial charge >= 0.3 is 12.1 Å². The SMILES string of the molecule is CCOC(=O)CC1CCC(C)(C)c2c1n(C(CC)c1ccc(C(F)(F)F)cc1)c1ccc(C(C)C)cc21. The number of aromatic nitrogens is 1. The van der Waals surface area contributed by atoms with Crippen LogP contribution in [-0.4, -0.2) is 17.1 Å². The van der Waals surface area contributed by atoms with Crippen molar-refractivity contribution in [1.29, 1.82) is 0 Å². The first-order valence-corrected chi connectivity index (χ1v) is 13.4. The molecule has 2 aromatic carbocycles. The zero-order valence-corrected chi connectivity index (χ0v) is 22.7. The van der Waals surface area contributed by atoms with Gasteiger partial charge in [0.1, 0.15) is 0 Å². The highest BCUT2D eigenvalue weighted by molar-refractivity contribution is 5.89. The minimum atomic E-state index is -4.37. The molecule has 0 bridgehead atoms. The number of ether oxygens (including phenoxy) is 1. The molecule has 1 heterocycles. The van der Waals surface area contributed by atoms with Crippen LogP contribution in [0.2, 0.25) is 0 Å². The van der Waals surface area contributed by atoms with Crippen LogP contribution in [0.25, 0.3) is 10.9 Å². The number of nitrogens with zero attached hydrogens (tertiary/aromatic N) is 1. The standard InChI is InChI=1S/C31H38F3NO2/c1-7-25(20-9-12-23(13-10-20)31(32,33)34)35-26-14-11-21(19(3)4)17-24(26)28-29(35)22(15-16-30(28,5)6)18-27(36)37-8-2/h9-14,17,19,22,25H,7-8,15-16,18H2,1-6H3. The largest absolute Gasteiger partial charge is 0.466 e. The number of rotatable bonds is 7. The number of hydrogen-bond donors (Lipinski definition) is 0. The monoisotopic (exact) mass is 513 g/mol. The number of alkyl halides is 3. The highest BCUT2D eigenvalue weighted by atomic mass is 19.4. The van der Waals surface area contributed by atoms with Crippen LogP contribution < -0.4 is 0 Å². The molecule has 1 aliphatic rings. The minimum absolute atomic E-state index is 0.0135. The number of benzene rings is 2. The van der Waals surface area contributed by atoms with Gasteiger partial charge in [-0.25, -0.2) is 0 Å². The first kappa shape index (κ1) is 27.3. The van der Waals surface area contributed by atoms with Crippen LogP contribution in [0.15, 0.2) is 42.5 Å². The lowest BCUT2D eigenvalue weighted by atomic mass is 9.69. The second-order valence-corrected chi connectivity index (χ2v) is 11.2. The van der Waals surface area contributed by atoms with Crippen molar-refractivity contribution in [2.24, 2.45) is 0 Å². The summed E-state index contributed by atoms with van der Waals surface area (Å²) in [6.07, 6.45) is -1.56. The highest BCUT2D eigenvalue weighted by Gasteiger charge is 2.40. The van der Waals surface area contributed by atoms with Gasteiger partial charge in [0.15, 0.2) is 0 Å². The average molecular weight is 514 g/mol. The van der Waals surface area contributed by atoms with Gasteiger partial charge in [-0.3, -0.25) is 4.79 Å². The summed E-state index contributed by atoms with van der Waals surface area (Å²) in [6, 6.07) is 12.0. The molecule has 1 aliphatic carbocycles. The van der Waals surface area contributed by atoms with Crippen molar-refractivity contribution in [1.82, 2.24) is 4.57 Å². The molecule has 0 spiro atoms. The predicted molar refractivity (Wildman–Crippen MR) is 142 cm³/mol. The van der Waals surface area contributed by atoms with Crippen molar-refractivity contribution in [3.8, 4) is 0 Å². The first-order valence-electron chi connectivity index (χ1n) is 13.4. The van der Waals surface area contributed by atoms with Gasteiger partial charge in [0.2, 0.25) is 0 Å². The molecule has 200 valence electrons. The summed E-state index contributed by atoms with van der Waals surface area (Å²) in [7, 11) is 0. The Hall–Kier alpha value is -2.76. The summed E-state index contributed by atoms with van der Waals surface area (Å²) in [6.45, 7) is 13.1. The Kier molecular flexibility index (Phi) is 7.51. The highest BCUT2D eigenvalue weighted by Crippen LogP contribution is 2.51. The zero-order valence-electron chi connectivity index (χ0n) is 22.7. The third-order valence-electron chi connectivity index (χ3n) is 7.95. The van der Waals surface area contributed by atoms with E-state index in [0.29, 0.717) is 25.4 Å². The maximum absolute atomic E-state index is 13.3. The number of hydrogen-bond acceptors (Lipinski definition) is 2. The molecule has 6 heteroatoms. The third kappa shape index (κ3) is 5.17. The lowest BCUT2D eigenvalue weighted by molar-refractivity contribution is -0.143. The topological polar surface area (TPSA) is 31.2 Å². The molecule has 0 aliphatic heterocycles. The van der Waals surface area contributed by atoms with Crippen LogP contribution in [0.5, 0.6) is 0 Å². The molecule has 3 nitrogen and oxygen atoms in total. The zero-order chi connectivity index (χ0) is 27.1. The maximum Gasteiger partial charge on any atom is 0.416 e. The van der Waals surface area contributed by atoms with Crippen LogP contribution in [0.1, 0.15) is 113 Å². The number of carbonyl (C=O) groups is 1. The van der Waals surface area contributed by atoms with E-state index in [-0.39, 0.29) is 23.3 Å². The predicted octanol–water partition coefficient (Wildman–Crippen LogP) is 8.89. The molecule has 0 radical (unpaired) electrons. The molecule has 3 aromatic rings. The van der Waals surface area contributed by atoms with Crippen molar-refractivity contribution in [2.75, 3.05) is 6.61 Å². The third-order valence-corrected chi connectivity index (χ3v) is 7.95. The van der Waals surface area contributed by atoms with E-state index in [0.717, 1.165) is 29.6 Å². The lowest BCUT2D eigenvalue weighted by Gasteiger charge is -2.37. The van der Waals surface area contributed by atoms with Gasteiger partial charge in [0.25, 0.3) is 0 Å². The van der Waals surface area contributed by atoms with Gasteiger partial charge in [-0.1, -0.05) is 52.8 Å². The molecule has 4 rings (SSSR count). The van der Waals surface area contributed by atoms with Crippen molar-refractivity contribution >= 4 is 16.9 Å². The molecule has 1 aromatic heterocycles. The molecule has 2 atom stereocenters. The Bertz CT molecular complexity index is 1270. The van der Waals surface area contributed by atoms with Crippen LogP contribution in [0.3, 0.4) is 0 Å². The van der Waals surface area contributed by atoms with Crippen LogP contribution in [0.4, 0.5) is 13.2 Å². The number of carbonyl (C=O) groups excluding carboxylic acids is 1. The molecule has 0 saturated heterocycles. The summed E-state index contributed by atoms with van der Waals surface area (Å²) in [5.41, 5.74) is 4.80. The normalized spacial score (nSPS) is 18.2. The van der Waals surface area contributed by atoms with Gasteiger partial charge < -0.3 is 9.30 Å². The summed E-state index contributed by atoms with van der Waals surface area (Å²) < 4.78 is 47.5. The molecule has 2 unspecified atom stereocenters. The molecular weight excluding hydrogens is 475 g/mol. The second kappa shape index (κ2) is 10.2. The smallest absolute Gasteiger partial charge is 0.416 e. The minimum Gasteiger partial charge on any atom is -0.466 e. The Morgan fingerprint density at radius 3 is 2.30 bits per heavy atom. The quantitative estimate of drug-likeness (QED) is 0.295. The fourth-order valence-corrected chi connectivity index (χ4v) is 6.04. The Labute approximate surface area is 218 Å². The van der Waals surface area contributed by atoms with E-state index in [2.05, 4.69) is 57.4 Å². The Morgan fingerprint density at radius 2 is 1.73 bits per heavy atom. The molecule has 0 N–H and O–H groups in total. The van der Waals surface area contributed by atoms with Crippen LogP contribution in [0, 0.1) is 0 Å². The van der Waals surface area contributed by atoms with Gasteiger partial charge in [-0.2, -0.15) is 13.2 Å². The molecular formula is C31H38F3NO2. The fourth-order valence-electron chi connectivity index (χ4n) is 6.04. The molecule has 0 saturated carbocycles. The van der Waals surface area contributed by atoms with Crippen molar-refractivity contribution in [3.63, 3.8) is 0 Å². The van der Waals surface area contributed by atoms with Gasteiger partial charge in [0.05, 0.1) is 24.6 Å². The van der Waals surface area contributed by atoms with Crippen molar-refractivity contribution < 1.29 is 22.7 Å². The van der Waals surface area contributed by atoms with E-state index < -0.39 is 11.7 Å². The van der Waals surface area contributed by atoms with E-state index in [1.165, 1.54) is 28.6 Å². The maximum atomic E-state index is 13.3. The fraction of sp³-hybridized carbons (Fsp3) is 0.516. The first-order chi connectivity index (χ1) is 17.4. The van der Waals surface area contributed by atoms with E-state index in [4.69, 9.17) is 4.74 Å². The second-order valence-electron chi connectivity index (χ2n) is 11.2. The average Bonchev–Trinajstić information content (AvgIpc) is 3.17. The molecule has 0 amide bonds. The van der Waals surface area contributed by atoms with E-state index in [9.17, 15) is 18.0 Å². The number of halogens is 3. The molecule has 37 heavy (non-hydrogen) atoms. The number of fused-ring (bicyclic) bond motifs is 3. The van der Waals surface area contributed by atoms with E-state index in [1.54, 1.807) is 12.1 Å². The van der Waals surface area contributed by atoms with E-state index >= 15 is 0 Å². The summed E-state index contributed by atoms with van der Waals surface area (Å²) >= 11 is 0.